The van der Waals surface area contributed by atoms with Crippen molar-refractivity contribution in [2.24, 2.45) is 0 Å². The van der Waals surface area contributed by atoms with Crippen molar-refractivity contribution < 1.29 is 22.7 Å². The maximum Gasteiger partial charge on any atom is 0.416 e. The molecule has 1 N–H and O–H groups in total. The first kappa shape index (κ1) is 15.0. The Morgan fingerprint density at radius 2 is 2.00 bits per heavy atom. The van der Waals surface area contributed by atoms with E-state index in [1.807, 2.05) is 0 Å². The molecule has 2 aromatic rings. The molecule has 0 radical (unpaired) electrons. The summed E-state index contributed by atoms with van der Waals surface area (Å²) in [5, 5.41) is 3.04. The molecule has 1 amide bonds. The molecule has 1 aliphatic rings. The number of hydrogen-bond donors (Lipinski definition) is 1. The number of ether oxygens (including phenoxy) is 1. The Morgan fingerprint density at radius 3 is 2.64 bits per heavy atom. The number of aromatic nitrogens is 1. The van der Waals surface area contributed by atoms with Crippen LogP contribution in [0.3, 0.4) is 0 Å². The summed E-state index contributed by atoms with van der Waals surface area (Å²) >= 11 is 1.32. The maximum atomic E-state index is 12.5. The molecule has 22 heavy (non-hydrogen) atoms. The fraction of sp³-hybridized carbons (Fsp3) is 0.286. The van der Waals surface area contributed by atoms with E-state index in [9.17, 15) is 18.0 Å². The molecule has 1 aromatic carbocycles. The smallest absolute Gasteiger partial charge is 0.375 e. The molecule has 0 aliphatic carbocycles. The Kier molecular flexibility index (Phi) is 3.88. The molecule has 8 heteroatoms. The quantitative estimate of drug-likeness (QED) is 0.918. The number of rotatable bonds is 2. The van der Waals surface area contributed by atoms with Crippen LogP contribution in [-0.4, -0.2) is 17.5 Å². The molecule has 1 aromatic heterocycles. The fourth-order valence-electron chi connectivity index (χ4n) is 2.06. The summed E-state index contributed by atoms with van der Waals surface area (Å²) in [6.45, 7) is 1.08. The number of nitrogens with one attached hydrogen (secondary N) is 1. The molecule has 3 rings (SSSR count). The third kappa shape index (κ3) is 3.12. The van der Waals surface area contributed by atoms with Gasteiger partial charge >= 0.3 is 6.18 Å². The maximum absolute atomic E-state index is 12.5. The summed E-state index contributed by atoms with van der Waals surface area (Å²) in [4.78, 5) is 17.3. The number of alkyl halides is 3. The predicted octanol–water partition coefficient (Wildman–Crippen LogP) is 3.49. The minimum absolute atomic E-state index is 0.150. The van der Waals surface area contributed by atoms with Gasteiger partial charge in [-0.3, -0.25) is 10.1 Å². The second-order valence-corrected chi connectivity index (χ2v) is 5.80. The molecule has 0 saturated carbocycles. The van der Waals surface area contributed by atoms with Crippen LogP contribution in [0, 0.1) is 0 Å². The van der Waals surface area contributed by atoms with Crippen LogP contribution in [-0.2, 0) is 23.9 Å². The first-order valence-electron chi connectivity index (χ1n) is 6.48. The second kappa shape index (κ2) is 5.69. The standard InChI is InChI=1S/C14H11F3N2O2S/c15-14(16,17)9-3-1-8(2-4-9)12(20)19-13-18-10-5-6-21-7-11(10)22-13/h1-4H,5-7H2,(H,18,19,20). The van der Waals surface area contributed by atoms with Crippen molar-refractivity contribution in [1.82, 2.24) is 4.98 Å². The predicted molar refractivity (Wildman–Crippen MR) is 74.9 cm³/mol. The van der Waals surface area contributed by atoms with Gasteiger partial charge in [-0.2, -0.15) is 13.2 Å². The minimum Gasteiger partial charge on any atom is -0.375 e. The third-order valence-electron chi connectivity index (χ3n) is 3.19. The van der Waals surface area contributed by atoms with Crippen molar-refractivity contribution in [3.05, 3.63) is 46.0 Å². The Hall–Kier alpha value is -1.93. The fourth-order valence-corrected chi connectivity index (χ4v) is 3.00. The summed E-state index contributed by atoms with van der Waals surface area (Å²) in [6, 6.07) is 4.06. The van der Waals surface area contributed by atoms with Gasteiger partial charge in [0.05, 0.1) is 29.3 Å². The number of halogens is 3. The van der Waals surface area contributed by atoms with E-state index in [1.54, 1.807) is 0 Å². The summed E-state index contributed by atoms with van der Waals surface area (Å²) in [5.41, 5.74) is 0.266. The van der Waals surface area contributed by atoms with Gasteiger partial charge in [-0.15, -0.1) is 0 Å². The Labute approximate surface area is 127 Å². The van der Waals surface area contributed by atoms with Gasteiger partial charge in [-0.25, -0.2) is 4.98 Å². The van der Waals surface area contributed by atoms with E-state index in [0.717, 1.165) is 34.8 Å². The van der Waals surface area contributed by atoms with Gasteiger partial charge in [0.1, 0.15) is 0 Å². The third-order valence-corrected chi connectivity index (χ3v) is 4.18. The lowest BCUT2D eigenvalue weighted by molar-refractivity contribution is -0.137. The Morgan fingerprint density at radius 1 is 1.27 bits per heavy atom. The molecule has 0 fully saturated rings. The highest BCUT2D eigenvalue weighted by Crippen LogP contribution is 2.30. The molecule has 116 valence electrons. The van der Waals surface area contributed by atoms with E-state index < -0.39 is 17.6 Å². The molecule has 0 saturated heterocycles. The van der Waals surface area contributed by atoms with Gasteiger partial charge in [0.25, 0.3) is 5.91 Å². The number of hydrogen-bond acceptors (Lipinski definition) is 4. The monoisotopic (exact) mass is 328 g/mol. The van der Waals surface area contributed by atoms with E-state index in [4.69, 9.17) is 4.74 Å². The Bertz CT molecular complexity index is 672. The highest BCUT2D eigenvalue weighted by Gasteiger charge is 2.30. The molecule has 0 spiro atoms. The van der Waals surface area contributed by atoms with Crippen LogP contribution >= 0.6 is 11.3 Å². The molecule has 4 nitrogen and oxygen atoms in total. The van der Waals surface area contributed by atoms with Gasteiger partial charge in [0.15, 0.2) is 5.13 Å². The van der Waals surface area contributed by atoms with E-state index in [-0.39, 0.29) is 5.56 Å². The lowest BCUT2D eigenvalue weighted by Crippen LogP contribution is -2.13. The first-order chi connectivity index (χ1) is 10.4. The highest BCUT2D eigenvalue weighted by atomic mass is 32.1. The number of thiazole rings is 1. The Balaban J connectivity index is 1.73. The lowest BCUT2D eigenvalue weighted by Gasteiger charge is -2.08. The largest absolute Gasteiger partial charge is 0.416 e. The topological polar surface area (TPSA) is 51.2 Å². The second-order valence-electron chi connectivity index (χ2n) is 4.72. The van der Waals surface area contributed by atoms with Crippen LogP contribution in [0.4, 0.5) is 18.3 Å². The van der Waals surface area contributed by atoms with Gasteiger partial charge in [-0.05, 0) is 24.3 Å². The molecule has 0 bridgehead atoms. The zero-order valence-electron chi connectivity index (χ0n) is 11.2. The van der Waals surface area contributed by atoms with Crippen LogP contribution in [0.1, 0.15) is 26.5 Å². The summed E-state index contributed by atoms with van der Waals surface area (Å²) < 4.78 is 42.7. The van der Waals surface area contributed by atoms with Gasteiger partial charge in [-0.1, -0.05) is 11.3 Å². The summed E-state index contributed by atoms with van der Waals surface area (Å²) in [6.07, 6.45) is -3.72. The van der Waals surface area contributed by atoms with Crippen LogP contribution in [0.25, 0.3) is 0 Å². The zero-order valence-corrected chi connectivity index (χ0v) is 12.1. The van der Waals surface area contributed by atoms with E-state index in [1.165, 1.54) is 11.3 Å². The molecular formula is C14H11F3N2O2S. The number of anilines is 1. The minimum atomic E-state index is -4.41. The lowest BCUT2D eigenvalue weighted by atomic mass is 10.1. The molecular weight excluding hydrogens is 317 g/mol. The first-order valence-corrected chi connectivity index (χ1v) is 7.30. The number of nitrogens with zero attached hydrogens (tertiary/aromatic N) is 1. The number of benzene rings is 1. The van der Waals surface area contributed by atoms with Crippen molar-refractivity contribution in [2.75, 3.05) is 11.9 Å². The van der Waals surface area contributed by atoms with Gasteiger partial charge < -0.3 is 4.74 Å². The average molecular weight is 328 g/mol. The van der Waals surface area contributed by atoms with E-state index >= 15 is 0 Å². The van der Waals surface area contributed by atoms with Crippen molar-refractivity contribution in [1.29, 1.82) is 0 Å². The molecule has 0 atom stereocenters. The van der Waals surface area contributed by atoms with Crippen LogP contribution in [0.15, 0.2) is 24.3 Å². The number of amides is 1. The average Bonchev–Trinajstić information content (AvgIpc) is 2.88. The van der Waals surface area contributed by atoms with Crippen LogP contribution < -0.4 is 5.32 Å². The number of carbonyl (C=O) groups is 1. The number of fused-ring (bicyclic) bond motifs is 1. The molecule has 2 heterocycles. The summed E-state index contributed by atoms with van der Waals surface area (Å²) in [7, 11) is 0. The highest BCUT2D eigenvalue weighted by molar-refractivity contribution is 7.15. The van der Waals surface area contributed by atoms with Crippen molar-refractivity contribution in [2.45, 2.75) is 19.2 Å². The van der Waals surface area contributed by atoms with Crippen LogP contribution in [0.5, 0.6) is 0 Å². The van der Waals surface area contributed by atoms with E-state index in [0.29, 0.717) is 24.8 Å². The van der Waals surface area contributed by atoms with Gasteiger partial charge in [0.2, 0.25) is 0 Å². The molecule has 1 aliphatic heterocycles. The van der Waals surface area contributed by atoms with Crippen molar-refractivity contribution in [3.63, 3.8) is 0 Å². The van der Waals surface area contributed by atoms with Crippen molar-refractivity contribution >= 4 is 22.4 Å². The zero-order chi connectivity index (χ0) is 15.7. The summed E-state index contributed by atoms with van der Waals surface area (Å²) in [5.74, 6) is -0.485. The molecule has 0 unspecified atom stereocenters. The normalized spacial score (nSPS) is 14.5. The van der Waals surface area contributed by atoms with Crippen LogP contribution in [0.2, 0.25) is 0 Å². The van der Waals surface area contributed by atoms with E-state index in [2.05, 4.69) is 10.3 Å². The van der Waals surface area contributed by atoms with Crippen molar-refractivity contribution in [3.8, 4) is 0 Å². The van der Waals surface area contributed by atoms with Gasteiger partial charge in [0, 0.05) is 12.0 Å². The SMILES string of the molecule is O=C(Nc1nc2c(s1)COCC2)c1ccc(C(F)(F)F)cc1. The number of carbonyl (C=O) groups excluding carboxylic acids is 1.